The molecule has 2 fully saturated rings. The van der Waals surface area contributed by atoms with Crippen LogP contribution in [0.3, 0.4) is 0 Å². The zero-order valence-corrected chi connectivity index (χ0v) is 33.8. The van der Waals surface area contributed by atoms with Gasteiger partial charge >= 0.3 is 11.9 Å². The molecule has 58 heavy (non-hydrogen) atoms. The number of hydrogen-bond donors (Lipinski definition) is 9. The smallest absolute Gasteiger partial charge is 0.331 e. The molecule has 0 aliphatic carbocycles. The lowest BCUT2D eigenvalue weighted by Gasteiger charge is -2.47. The van der Waals surface area contributed by atoms with Crippen LogP contribution in [-0.2, 0) is 39.9 Å². The summed E-state index contributed by atoms with van der Waals surface area (Å²) in [5.41, 5.74) is -0.237. The van der Waals surface area contributed by atoms with Gasteiger partial charge in [0.1, 0.15) is 66.9 Å². The molecule has 2 aliphatic rings. The summed E-state index contributed by atoms with van der Waals surface area (Å²) >= 11 is 0. The molecular weight excluding hydrogens is 760 g/mol. The number of aromatic hydroxyl groups is 2. The molecule has 2 heterocycles. The van der Waals surface area contributed by atoms with E-state index >= 15 is 0 Å². The number of ether oxygens (including phenoxy) is 5. The highest BCUT2D eigenvalue weighted by atomic mass is 16.7. The number of benzene rings is 1. The fourth-order valence-corrected chi connectivity index (χ4v) is 6.69. The van der Waals surface area contributed by atoms with E-state index in [1.165, 1.54) is 12.2 Å². The van der Waals surface area contributed by atoms with Gasteiger partial charge in [0.05, 0.1) is 19.3 Å². The number of phenols is 2. The maximum absolute atomic E-state index is 13.2. The third-order valence-corrected chi connectivity index (χ3v) is 10.5. The summed E-state index contributed by atoms with van der Waals surface area (Å²) in [6.45, 7) is 6.07. The van der Waals surface area contributed by atoms with Crippen molar-refractivity contribution < 1.29 is 79.2 Å². The average molecular weight is 825 g/mol. The molecule has 0 spiro atoms. The van der Waals surface area contributed by atoms with Gasteiger partial charge in [-0.3, -0.25) is 4.79 Å². The van der Waals surface area contributed by atoms with Crippen LogP contribution in [0.2, 0.25) is 0 Å². The summed E-state index contributed by atoms with van der Waals surface area (Å²) in [6, 6.07) is 2.06. The van der Waals surface area contributed by atoms with E-state index in [0.717, 1.165) is 50.3 Å². The van der Waals surface area contributed by atoms with Crippen LogP contribution in [0.25, 0.3) is 0 Å². The van der Waals surface area contributed by atoms with Crippen LogP contribution in [0.4, 0.5) is 0 Å². The first-order chi connectivity index (χ1) is 27.7. The van der Waals surface area contributed by atoms with Crippen molar-refractivity contribution in [3.63, 3.8) is 0 Å². The molecule has 1 aromatic carbocycles. The zero-order valence-electron chi connectivity index (χ0n) is 33.8. The second-order valence-corrected chi connectivity index (χ2v) is 15.1. The fourth-order valence-electron chi connectivity index (χ4n) is 6.69. The topological polar surface area (TPSA) is 262 Å². The predicted molar refractivity (Wildman–Crippen MR) is 209 cm³/mol. The van der Waals surface area contributed by atoms with Gasteiger partial charge in [0.2, 0.25) is 0 Å². The first-order valence-electron chi connectivity index (χ1n) is 20.2. The number of phenolic OH excluding ortho intramolecular Hbond substituents is 2. The molecule has 0 saturated carbocycles. The minimum Gasteiger partial charge on any atom is -0.508 e. The molecule has 0 radical (unpaired) electrons. The predicted octanol–water partition coefficient (Wildman–Crippen LogP) is 2.49. The van der Waals surface area contributed by atoms with Gasteiger partial charge in [-0.2, -0.15) is 0 Å². The number of carbonyl (C=O) groups is 2. The highest BCUT2D eigenvalue weighted by Crippen LogP contribution is 2.42. The second kappa shape index (κ2) is 24.6. The molecule has 328 valence electrons. The summed E-state index contributed by atoms with van der Waals surface area (Å²) in [5.74, 6) is -2.00. The number of carbonyl (C=O) groups excluding carboxylic acids is 2. The van der Waals surface area contributed by atoms with Crippen molar-refractivity contribution in [2.75, 3.05) is 13.2 Å². The Morgan fingerprint density at radius 1 is 0.897 bits per heavy atom. The number of aliphatic hydroxyl groups excluding tert-OH is 7. The normalized spacial score (nSPS) is 29.5. The van der Waals surface area contributed by atoms with E-state index < -0.39 is 111 Å². The van der Waals surface area contributed by atoms with Crippen LogP contribution in [0, 0.1) is 11.8 Å². The third kappa shape index (κ3) is 14.1. The standard InChI is InChI=1S/C42H64O16/c1-5-7-17-32(48)54-23-31-35(50)36(51)37(52)42(56-31)58-39-30(22-44)55-40(34-26(21-43)19-27(45)20-29(34)47)38(53)41(39)57-33(49)18-13-9-12-16-28(46)25(4)15-11-8-10-14-24(3)6-2/h9-10,12-14,18-20,24-25,28,30-31,35-47,50-53H,5-8,11,15-17,21-23H2,1-4H3/b12-9+,14-10+,18-13+/t24?,25?,28?,30-,31-,35+,36+,37-,38+,39-,40-,41-,42+/m1/s1. The van der Waals surface area contributed by atoms with Crippen LogP contribution in [0.5, 0.6) is 11.5 Å². The quantitative estimate of drug-likeness (QED) is 0.0267. The van der Waals surface area contributed by atoms with E-state index in [4.69, 9.17) is 23.7 Å². The average Bonchev–Trinajstić information content (AvgIpc) is 3.20. The Kier molecular flexibility index (Phi) is 20.8. The van der Waals surface area contributed by atoms with E-state index in [1.54, 1.807) is 6.08 Å². The molecule has 1 aromatic rings. The van der Waals surface area contributed by atoms with Gasteiger partial charge in [-0.05, 0) is 55.6 Å². The first-order valence-corrected chi connectivity index (χ1v) is 20.2. The molecule has 3 rings (SSSR count). The van der Waals surface area contributed by atoms with Crippen LogP contribution in [0.15, 0.2) is 48.6 Å². The molecule has 16 heteroatoms. The summed E-state index contributed by atoms with van der Waals surface area (Å²) in [4.78, 5) is 25.4. The second-order valence-electron chi connectivity index (χ2n) is 15.1. The van der Waals surface area contributed by atoms with Crippen molar-refractivity contribution in [1.29, 1.82) is 0 Å². The molecule has 13 atom stereocenters. The van der Waals surface area contributed by atoms with E-state index in [2.05, 4.69) is 26.0 Å². The van der Waals surface area contributed by atoms with Crippen LogP contribution in [0.1, 0.15) is 96.3 Å². The van der Waals surface area contributed by atoms with Gasteiger partial charge in [0.15, 0.2) is 12.4 Å². The summed E-state index contributed by atoms with van der Waals surface area (Å²) in [7, 11) is 0. The molecule has 0 amide bonds. The number of rotatable bonds is 22. The van der Waals surface area contributed by atoms with Gasteiger partial charge in [-0.15, -0.1) is 0 Å². The van der Waals surface area contributed by atoms with Crippen molar-refractivity contribution in [1.82, 2.24) is 0 Å². The number of unbranched alkanes of at least 4 members (excludes halogenated alkanes) is 2. The number of aliphatic hydroxyl groups is 7. The van der Waals surface area contributed by atoms with Gasteiger partial charge in [0.25, 0.3) is 0 Å². The summed E-state index contributed by atoms with van der Waals surface area (Å²) in [5, 5.41) is 95.7. The summed E-state index contributed by atoms with van der Waals surface area (Å²) in [6.07, 6.45) is -2.17. The van der Waals surface area contributed by atoms with Crippen molar-refractivity contribution in [2.45, 2.75) is 153 Å². The lowest BCUT2D eigenvalue weighted by atomic mass is 9.88. The van der Waals surface area contributed by atoms with E-state index in [0.29, 0.717) is 18.8 Å². The van der Waals surface area contributed by atoms with Gasteiger partial charge in [0, 0.05) is 24.1 Å². The highest BCUT2D eigenvalue weighted by Gasteiger charge is 2.53. The molecule has 16 nitrogen and oxygen atoms in total. The Morgan fingerprint density at radius 2 is 1.64 bits per heavy atom. The SMILES string of the molecule is CCCCC(=O)OC[C@H]1O[C@@H](O[C@H]2[C@H](OC(=O)/C=C/C=C/CC(O)C(C)CCC/C=C/C(C)CC)[C@@H](O)[C@@H](c3c(O)cc(O)cc3CO)O[C@@H]2CO)[C@H](O)[C@@H](O)[C@H]1O. The van der Waals surface area contributed by atoms with Crippen molar-refractivity contribution in [3.05, 3.63) is 59.7 Å². The Hall–Kier alpha value is -3.42. The number of hydrogen-bond acceptors (Lipinski definition) is 16. The largest absolute Gasteiger partial charge is 0.508 e. The van der Waals surface area contributed by atoms with Crippen LogP contribution in [-0.4, -0.2) is 132 Å². The molecule has 0 bridgehead atoms. The Balaban J connectivity index is 1.80. The van der Waals surface area contributed by atoms with Crippen molar-refractivity contribution >= 4 is 11.9 Å². The minimum atomic E-state index is -1.93. The molecule has 0 aromatic heterocycles. The van der Waals surface area contributed by atoms with Gasteiger partial charge in [-0.25, -0.2) is 4.79 Å². The fraction of sp³-hybridized carbons (Fsp3) is 0.667. The number of allylic oxidation sites excluding steroid dienone is 4. The third-order valence-electron chi connectivity index (χ3n) is 10.5. The minimum absolute atomic E-state index is 0.0430. The van der Waals surface area contributed by atoms with Crippen molar-refractivity contribution in [2.24, 2.45) is 11.8 Å². The first kappa shape index (κ1) is 48.9. The Morgan fingerprint density at radius 3 is 2.31 bits per heavy atom. The van der Waals surface area contributed by atoms with E-state index in [9.17, 15) is 55.5 Å². The molecule has 3 unspecified atom stereocenters. The Bertz CT molecular complexity index is 1500. The lowest BCUT2D eigenvalue weighted by Crippen LogP contribution is -2.64. The maximum atomic E-state index is 13.2. The van der Waals surface area contributed by atoms with Crippen molar-refractivity contribution in [3.8, 4) is 11.5 Å². The Labute approximate surface area is 340 Å². The van der Waals surface area contributed by atoms with Gasteiger partial charge in [-0.1, -0.05) is 70.9 Å². The molecular formula is C42H64O16. The monoisotopic (exact) mass is 824 g/mol. The lowest BCUT2D eigenvalue weighted by molar-refractivity contribution is -0.343. The highest BCUT2D eigenvalue weighted by molar-refractivity contribution is 5.82. The molecule has 9 N–H and O–H groups in total. The van der Waals surface area contributed by atoms with E-state index in [1.807, 2.05) is 13.8 Å². The molecule has 2 saturated heterocycles. The number of esters is 2. The van der Waals surface area contributed by atoms with Crippen LogP contribution < -0.4 is 0 Å². The van der Waals surface area contributed by atoms with E-state index in [-0.39, 0.29) is 23.5 Å². The zero-order chi connectivity index (χ0) is 42.9. The maximum Gasteiger partial charge on any atom is 0.331 e. The van der Waals surface area contributed by atoms with Gasteiger partial charge < -0.3 is 69.6 Å². The summed E-state index contributed by atoms with van der Waals surface area (Å²) < 4.78 is 28.5. The molecule has 2 aliphatic heterocycles. The van der Waals surface area contributed by atoms with Crippen LogP contribution >= 0.6 is 0 Å².